The highest BCUT2D eigenvalue weighted by Crippen LogP contribution is 2.39. The molecule has 0 saturated heterocycles. The number of para-hydroxylation sites is 1. The van der Waals surface area contributed by atoms with Crippen molar-refractivity contribution >= 4 is 17.0 Å². The van der Waals surface area contributed by atoms with E-state index in [2.05, 4.69) is 9.97 Å². The van der Waals surface area contributed by atoms with Crippen LogP contribution in [0.25, 0.3) is 22.3 Å². The predicted octanol–water partition coefficient (Wildman–Crippen LogP) is 3.69. The summed E-state index contributed by atoms with van der Waals surface area (Å²) >= 11 is 0. The van der Waals surface area contributed by atoms with Gasteiger partial charge in [0.2, 0.25) is 5.95 Å². The molecule has 0 bridgehead atoms. The Morgan fingerprint density at radius 1 is 0.808 bits per heavy atom. The lowest BCUT2D eigenvalue weighted by Crippen LogP contribution is -2.05. The molecule has 2 aromatic carbocycles. The van der Waals surface area contributed by atoms with Crippen molar-refractivity contribution in [2.75, 3.05) is 5.73 Å². The van der Waals surface area contributed by atoms with Crippen LogP contribution in [0.2, 0.25) is 0 Å². The Balaban J connectivity index is 1.70. The van der Waals surface area contributed by atoms with Crippen molar-refractivity contribution in [3.05, 3.63) is 78.0 Å². The maximum atomic E-state index is 5.89. The first-order valence-electron chi connectivity index (χ1n) is 8.21. The number of aromatic nitrogens is 3. The number of fused-ring (bicyclic) bond motifs is 2. The standard InChI is InChI=1S/C20H14N4O2/c21-20-23-14-10-11-15(19-13-8-4-5-9-16(13)25-26-19)22-18(14)17(24-20)12-6-2-1-3-7-12/h1-11,19H,(H2,21,23,24). The van der Waals surface area contributed by atoms with Crippen LogP contribution in [0.5, 0.6) is 5.75 Å². The molecule has 0 fully saturated rings. The van der Waals surface area contributed by atoms with Gasteiger partial charge in [-0.2, -0.15) is 4.89 Å². The van der Waals surface area contributed by atoms with Gasteiger partial charge in [-0.1, -0.05) is 48.5 Å². The van der Waals surface area contributed by atoms with E-state index in [1.165, 1.54) is 0 Å². The van der Waals surface area contributed by atoms with Crippen LogP contribution in [0.1, 0.15) is 17.4 Å². The molecule has 2 N–H and O–H groups in total. The van der Waals surface area contributed by atoms with Gasteiger partial charge in [-0.3, -0.25) is 0 Å². The average Bonchev–Trinajstić information content (AvgIpc) is 3.12. The number of nitrogen functional groups attached to an aromatic ring is 1. The fourth-order valence-corrected chi connectivity index (χ4v) is 3.12. The van der Waals surface area contributed by atoms with Crippen LogP contribution in [0.15, 0.2) is 66.7 Å². The number of pyridine rings is 1. The molecular formula is C20H14N4O2. The monoisotopic (exact) mass is 342 g/mol. The lowest BCUT2D eigenvalue weighted by molar-refractivity contribution is -0.213. The third-order valence-electron chi connectivity index (χ3n) is 4.33. The van der Waals surface area contributed by atoms with Crippen LogP contribution >= 0.6 is 0 Å². The smallest absolute Gasteiger partial charge is 0.221 e. The van der Waals surface area contributed by atoms with E-state index in [1.807, 2.05) is 66.7 Å². The van der Waals surface area contributed by atoms with Gasteiger partial charge in [-0.05, 0) is 18.2 Å². The number of hydrogen-bond donors (Lipinski definition) is 1. The molecule has 0 radical (unpaired) electrons. The minimum atomic E-state index is -0.392. The number of anilines is 1. The van der Waals surface area contributed by atoms with Gasteiger partial charge in [0.25, 0.3) is 0 Å². The Bertz CT molecular complexity index is 1120. The number of benzene rings is 2. The number of hydrogen-bond acceptors (Lipinski definition) is 6. The predicted molar refractivity (Wildman–Crippen MR) is 97.2 cm³/mol. The highest BCUT2D eigenvalue weighted by Gasteiger charge is 2.29. The van der Waals surface area contributed by atoms with Crippen molar-refractivity contribution in [1.82, 2.24) is 15.0 Å². The molecule has 0 aliphatic carbocycles. The zero-order valence-corrected chi connectivity index (χ0v) is 13.7. The van der Waals surface area contributed by atoms with Crippen LogP contribution in [0.3, 0.4) is 0 Å². The van der Waals surface area contributed by atoms with E-state index in [-0.39, 0.29) is 5.95 Å². The first kappa shape index (κ1) is 14.8. The Labute approximate surface area is 149 Å². The molecule has 0 spiro atoms. The van der Waals surface area contributed by atoms with Crippen molar-refractivity contribution < 1.29 is 9.78 Å². The molecule has 0 amide bonds. The molecular weight excluding hydrogens is 328 g/mol. The molecule has 2 aromatic heterocycles. The zero-order chi connectivity index (χ0) is 17.5. The van der Waals surface area contributed by atoms with E-state index in [0.29, 0.717) is 22.5 Å². The first-order valence-corrected chi connectivity index (χ1v) is 8.21. The molecule has 0 saturated carbocycles. The second kappa shape index (κ2) is 5.79. The summed E-state index contributed by atoms with van der Waals surface area (Å²) < 4.78 is 0. The van der Waals surface area contributed by atoms with Crippen LogP contribution < -0.4 is 10.6 Å². The highest BCUT2D eigenvalue weighted by atomic mass is 17.2. The van der Waals surface area contributed by atoms with Crippen molar-refractivity contribution in [1.29, 1.82) is 0 Å². The van der Waals surface area contributed by atoms with E-state index in [1.54, 1.807) is 0 Å². The van der Waals surface area contributed by atoms with Crippen LogP contribution in [-0.2, 0) is 4.89 Å². The molecule has 5 rings (SSSR count). The van der Waals surface area contributed by atoms with Crippen molar-refractivity contribution in [3.63, 3.8) is 0 Å². The number of rotatable bonds is 2. The summed E-state index contributed by atoms with van der Waals surface area (Å²) in [6.45, 7) is 0. The van der Waals surface area contributed by atoms with Crippen molar-refractivity contribution in [2.45, 2.75) is 6.10 Å². The molecule has 4 aromatic rings. The van der Waals surface area contributed by atoms with Gasteiger partial charge >= 0.3 is 0 Å². The van der Waals surface area contributed by atoms with E-state index in [0.717, 1.165) is 16.8 Å². The maximum absolute atomic E-state index is 5.89. The van der Waals surface area contributed by atoms with Gasteiger partial charge in [0, 0.05) is 11.1 Å². The maximum Gasteiger partial charge on any atom is 0.221 e. The lowest BCUT2D eigenvalue weighted by atomic mass is 10.0. The third kappa shape index (κ3) is 2.35. The molecule has 126 valence electrons. The fraction of sp³-hybridized carbons (Fsp3) is 0.0500. The molecule has 1 unspecified atom stereocenters. The quantitative estimate of drug-likeness (QED) is 0.559. The third-order valence-corrected chi connectivity index (χ3v) is 4.33. The van der Waals surface area contributed by atoms with Crippen LogP contribution in [-0.4, -0.2) is 15.0 Å². The van der Waals surface area contributed by atoms with Gasteiger partial charge in [0.15, 0.2) is 11.9 Å². The highest BCUT2D eigenvalue weighted by molar-refractivity contribution is 5.89. The molecule has 1 aliphatic rings. The Morgan fingerprint density at radius 3 is 2.50 bits per heavy atom. The zero-order valence-electron chi connectivity index (χ0n) is 13.7. The summed E-state index contributed by atoms with van der Waals surface area (Å²) in [7, 11) is 0. The van der Waals surface area contributed by atoms with Gasteiger partial charge in [-0.15, -0.1) is 0 Å². The number of nitrogens with zero attached hydrogens (tertiary/aromatic N) is 3. The van der Waals surface area contributed by atoms with Gasteiger partial charge in [-0.25, -0.2) is 15.0 Å². The van der Waals surface area contributed by atoms with E-state index in [9.17, 15) is 0 Å². The average molecular weight is 342 g/mol. The molecule has 1 aliphatic heterocycles. The molecule has 26 heavy (non-hydrogen) atoms. The SMILES string of the molecule is Nc1nc(-c2ccccc2)c2nc(C3OOc4ccccc43)ccc2n1. The molecule has 6 nitrogen and oxygen atoms in total. The minimum absolute atomic E-state index is 0.219. The minimum Gasteiger partial charge on any atom is -0.368 e. The van der Waals surface area contributed by atoms with E-state index in [4.69, 9.17) is 20.5 Å². The Kier molecular flexibility index (Phi) is 3.29. The second-order valence-corrected chi connectivity index (χ2v) is 6.00. The fourth-order valence-electron chi connectivity index (χ4n) is 3.12. The van der Waals surface area contributed by atoms with E-state index < -0.39 is 6.10 Å². The molecule has 6 heteroatoms. The van der Waals surface area contributed by atoms with E-state index >= 15 is 0 Å². The lowest BCUT2D eigenvalue weighted by Gasteiger charge is -2.11. The number of nitrogens with two attached hydrogens (primary N) is 1. The summed E-state index contributed by atoms with van der Waals surface area (Å²) in [5, 5.41) is 0. The van der Waals surface area contributed by atoms with Crippen molar-refractivity contribution in [3.8, 4) is 17.0 Å². The van der Waals surface area contributed by atoms with Gasteiger partial charge in [0.05, 0.1) is 11.2 Å². The van der Waals surface area contributed by atoms with Crippen molar-refractivity contribution in [2.24, 2.45) is 0 Å². The Morgan fingerprint density at radius 2 is 1.62 bits per heavy atom. The molecule has 3 heterocycles. The summed E-state index contributed by atoms with van der Waals surface area (Å²) in [5.41, 5.74) is 10.6. The summed E-state index contributed by atoms with van der Waals surface area (Å²) in [6, 6.07) is 21.3. The Hall–Kier alpha value is -3.51. The second-order valence-electron chi connectivity index (χ2n) is 6.00. The summed E-state index contributed by atoms with van der Waals surface area (Å²) in [6.07, 6.45) is -0.392. The largest absolute Gasteiger partial charge is 0.368 e. The molecule has 1 atom stereocenters. The summed E-state index contributed by atoms with van der Waals surface area (Å²) in [5.74, 6) is 0.924. The van der Waals surface area contributed by atoms with Gasteiger partial charge in [0.1, 0.15) is 11.2 Å². The topological polar surface area (TPSA) is 83.2 Å². The summed E-state index contributed by atoms with van der Waals surface area (Å²) in [4.78, 5) is 24.3. The van der Waals surface area contributed by atoms with Gasteiger partial charge < -0.3 is 10.6 Å². The first-order chi connectivity index (χ1) is 12.8. The normalized spacial score (nSPS) is 15.6. The van der Waals surface area contributed by atoms with Crippen LogP contribution in [0.4, 0.5) is 5.95 Å². The van der Waals surface area contributed by atoms with Crippen LogP contribution in [0, 0.1) is 0 Å².